The molecule has 0 saturated carbocycles. The van der Waals surface area contributed by atoms with Crippen LogP contribution in [0.4, 0.5) is 5.88 Å². The molecule has 1 aliphatic heterocycles. The maximum absolute atomic E-state index is 6.34. The Balaban J connectivity index is 1.58. The molecule has 37 heavy (non-hydrogen) atoms. The van der Waals surface area contributed by atoms with Crippen molar-refractivity contribution >= 4 is 5.88 Å². The highest BCUT2D eigenvalue weighted by molar-refractivity contribution is 5.67. The Morgan fingerprint density at radius 2 is 1.73 bits per heavy atom. The summed E-state index contributed by atoms with van der Waals surface area (Å²) in [6, 6.07) is 16.7. The lowest BCUT2D eigenvalue weighted by atomic mass is 9.98. The average molecular weight is 503 g/mol. The zero-order valence-corrected chi connectivity index (χ0v) is 23.2. The molecule has 0 spiro atoms. The standard InChI is InChI=1S/C31H38N2O4/c1-20-16-28(29(34-8)23(4)33(20)30-21(2)22(3)32-37-30)35-18-24-14-15-27(25-12-10-9-11-13-25)26(17-24)19-36-31(5,6)7/h9-17,23H,18-19H2,1-8H3. The van der Waals surface area contributed by atoms with E-state index in [-0.39, 0.29) is 11.6 Å². The molecule has 4 rings (SSSR count). The zero-order valence-electron chi connectivity index (χ0n) is 23.2. The van der Waals surface area contributed by atoms with E-state index in [2.05, 4.69) is 80.2 Å². The van der Waals surface area contributed by atoms with E-state index in [0.29, 0.717) is 13.2 Å². The van der Waals surface area contributed by atoms with Crippen LogP contribution < -0.4 is 4.90 Å². The van der Waals surface area contributed by atoms with Gasteiger partial charge in [-0.3, -0.25) is 0 Å². The van der Waals surface area contributed by atoms with Gasteiger partial charge < -0.3 is 23.6 Å². The molecule has 0 fully saturated rings. The van der Waals surface area contributed by atoms with Gasteiger partial charge in [0.05, 0.1) is 31.1 Å². The molecule has 3 aromatic rings. The summed E-state index contributed by atoms with van der Waals surface area (Å²) < 4.78 is 24.0. The number of ether oxygens (including phenoxy) is 3. The van der Waals surface area contributed by atoms with Crippen molar-refractivity contribution in [3.8, 4) is 11.1 Å². The van der Waals surface area contributed by atoms with E-state index in [1.54, 1.807) is 7.11 Å². The summed E-state index contributed by atoms with van der Waals surface area (Å²) in [5.41, 5.74) is 7.21. The molecule has 196 valence electrons. The Labute approximate surface area is 220 Å². The fraction of sp³-hybridized carbons (Fsp3) is 0.387. The lowest BCUT2D eigenvalue weighted by Crippen LogP contribution is -2.37. The number of hydrogen-bond donors (Lipinski definition) is 0. The number of methoxy groups -OCH3 is 1. The molecule has 6 heteroatoms. The topological polar surface area (TPSA) is 57.0 Å². The minimum absolute atomic E-state index is 0.104. The number of aryl methyl sites for hydroxylation is 1. The molecule has 0 bridgehead atoms. The Kier molecular flexibility index (Phi) is 7.79. The summed E-state index contributed by atoms with van der Waals surface area (Å²) in [7, 11) is 1.68. The highest BCUT2D eigenvalue weighted by Gasteiger charge is 2.32. The monoisotopic (exact) mass is 502 g/mol. The van der Waals surface area contributed by atoms with Gasteiger partial charge in [0.2, 0.25) is 5.88 Å². The lowest BCUT2D eigenvalue weighted by Gasteiger charge is -2.34. The second-order valence-electron chi connectivity index (χ2n) is 10.5. The van der Waals surface area contributed by atoms with Crippen LogP contribution in [0.25, 0.3) is 11.1 Å². The summed E-state index contributed by atoms with van der Waals surface area (Å²) >= 11 is 0. The fourth-order valence-corrected chi connectivity index (χ4v) is 4.52. The minimum Gasteiger partial charge on any atom is -0.495 e. The van der Waals surface area contributed by atoms with E-state index in [0.717, 1.165) is 45.5 Å². The lowest BCUT2D eigenvalue weighted by molar-refractivity contribution is -0.0148. The maximum Gasteiger partial charge on any atom is 0.235 e. The molecule has 1 aromatic heterocycles. The van der Waals surface area contributed by atoms with Crippen LogP contribution in [0.3, 0.4) is 0 Å². The number of aromatic nitrogens is 1. The Hall–Kier alpha value is -3.51. The van der Waals surface area contributed by atoms with Gasteiger partial charge in [0.25, 0.3) is 0 Å². The van der Waals surface area contributed by atoms with Gasteiger partial charge >= 0.3 is 0 Å². The fourth-order valence-electron chi connectivity index (χ4n) is 4.52. The smallest absolute Gasteiger partial charge is 0.235 e. The first-order valence-electron chi connectivity index (χ1n) is 12.7. The average Bonchev–Trinajstić information content (AvgIpc) is 3.19. The Bertz CT molecular complexity index is 1300. The Morgan fingerprint density at radius 3 is 2.35 bits per heavy atom. The van der Waals surface area contributed by atoms with E-state index in [9.17, 15) is 0 Å². The van der Waals surface area contributed by atoms with Crippen molar-refractivity contribution in [1.82, 2.24) is 5.16 Å². The molecule has 2 heterocycles. The van der Waals surface area contributed by atoms with Gasteiger partial charge in [0.15, 0.2) is 11.5 Å². The van der Waals surface area contributed by atoms with Crippen molar-refractivity contribution in [2.75, 3.05) is 12.0 Å². The molecule has 0 amide bonds. The molecule has 6 nitrogen and oxygen atoms in total. The molecular weight excluding hydrogens is 464 g/mol. The summed E-state index contributed by atoms with van der Waals surface area (Å²) in [6.45, 7) is 15.2. The minimum atomic E-state index is -0.231. The largest absolute Gasteiger partial charge is 0.495 e. The summed E-state index contributed by atoms with van der Waals surface area (Å²) in [5, 5.41) is 4.13. The normalized spacial score (nSPS) is 16.2. The molecule has 0 N–H and O–H groups in total. The third-order valence-electron chi connectivity index (χ3n) is 6.61. The van der Waals surface area contributed by atoms with E-state index < -0.39 is 0 Å². The molecule has 0 radical (unpaired) electrons. The van der Waals surface area contributed by atoms with Crippen LogP contribution in [0, 0.1) is 13.8 Å². The van der Waals surface area contributed by atoms with Crippen molar-refractivity contribution in [1.29, 1.82) is 0 Å². The van der Waals surface area contributed by atoms with E-state index in [1.165, 1.54) is 11.1 Å². The second kappa shape index (κ2) is 10.9. The van der Waals surface area contributed by atoms with E-state index in [1.807, 2.05) is 32.9 Å². The van der Waals surface area contributed by atoms with Crippen molar-refractivity contribution in [3.05, 3.63) is 94.2 Å². The molecular formula is C31H38N2O4. The van der Waals surface area contributed by atoms with Crippen LogP contribution in [0.2, 0.25) is 0 Å². The zero-order chi connectivity index (χ0) is 26.7. The molecule has 1 atom stereocenters. The molecule has 2 aromatic carbocycles. The summed E-state index contributed by atoms with van der Waals surface area (Å²) in [5.74, 6) is 2.20. The van der Waals surface area contributed by atoms with Gasteiger partial charge in [-0.05, 0) is 76.8 Å². The quantitative estimate of drug-likeness (QED) is 0.319. The van der Waals surface area contributed by atoms with Crippen LogP contribution in [-0.4, -0.2) is 23.9 Å². The van der Waals surface area contributed by atoms with Crippen LogP contribution in [0.1, 0.15) is 57.0 Å². The van der Waals surface area contributed by atoms with Gasteiger partial charge in [0, 0.05) is 17.3 Å². The number of allylic oxidation sites excluding steroid dienone is 2. The van der Waals surface area contributed by atoms with Gasteiger partial charge in [-0.1, -0.05) is 47.6 Å². The molecule has 1 unspecified atom stereocenters. The van der Waals surface area contributed by atoms with Gasteiger partial charge in [-0.25, -0.2) is 0 Å². The van der Waals surface area contributed by atoms with Gasteiger partial charge in [-0.2, -0.15) is 0 Å². The number of rotatable bonds is 8. The van der Waals surface area contributed by atoms with Crippen molar-refractivity contribution in [2.45, 2.75) is 73.3 Å². The number of hydrogen-bond acceptors (Lipinski definition) is 6. The third kappa shape index (κ3) is 5.91. The molecule has 0 aliphatic carbocycles. The first-order valence-corrected chi connectivity index (χ1v) is 12.7. The van der Waals surface area contributed by atoms with E-state index >= 15 is 0 Å². The number of anilines is 1. The first-order chi connectivity index (χ1) is 17.6. The predicted octanol–water partition coefficient (Wildman–Crippen LogP) is 7.46. The second-order valence-corrected chi connectivity index (χ2v) is 10.5. The summed E-state index contributed by atoms with van der Waals surface area (Å²) in [4.78, 5) is 2.09. The molecule has 0 saturated heterocycles. The van der Waals surface area contributed by atoms with Gasteiger partial charge in [0.1, 0.15) is 6.61 Å². The number of benzene rings is 2. The highest BCUT2D eigenvalue weighted by Crippen LogP contribution is 2.35. The van der Waals surface area contributed by atoms with Crippen LogP contribution in [-0.2, 0) is 27.4 Å². The van der Waals surface area contributed by atoms with Crippen LogP contribution in [0.15, 0.2) is 76.3 Å². The van der Waals surface area contributed by atoms with Crippen LogP contribution >= 0.6 is 0 Å². The van der Waals surface area contributed by atoms with Crippen molar-refractivity contribution in [2.24, 2.45) is 0 Å². The predicted molar refractivity (Wildman–Crippen MR) is 147 cm³/mol. The SMILES string of the molecule is COC1=C(OCc2ccc(-c3ccccc3)c(COC(C)(C)C)c2)C=C(C)N(c2onc(C)c2C)C1C. The highest BCUT2D eigenvalue weighted by atomic mass is 16.5. The van der Waals surface area contributed by atoms with Crippen LogP contribution in [0.5, 0.6) is 0 Å². The van der Waals surface area contributed by atoms with Crippen molar-refractivity contribution in [3.63, 3.8) is 0 Å². The van der Waals surface area contributed by atoms with Gasteiger partial charge in [-0.15, -0.1) is 0 Å². The third-order valence-corrected chi connectivity index (χ3v) is 6.61. The number of nitrogens with zero attached hydrogens (tertiary/aromatic N) is 2. The molecule has 1 aliphatic rings. The maximum atomic E-state index is 6.34. The summed E-state index contributed by atoms with van der Waals surface area (Å²) in [6.07, 6.45) is 2.00. The Morgan fingerprint density at radius 1 is 1.00 bits per heavy atom. The van der Waals surface area contributed by atoms with E-state index in [4.69, 9.17) is 18.7 Å². The van der Waals surface area contributed by atoms with Crippen molar-refractivity contribution < 1.29 is 18.7 Å². The first kappa shape index (κ1) is 26.6.